The maximum Gasteiger partial charge on any atom is 0.315 e. The van der Waals surface area contributed by atoms with Crippen molar-refractivity contribution in [1.82, 2.24) is 15.5 Å². The van der Waals surface area contributed by atoms with Crippen LogP contribution >= 0.6 is 0 Å². The van der Waals surface area contributed by atoms with E-state index in [0.29, 0.717) is 12.5 Å². The van der Waals surface area contributed by atoms with Gasteiger partial charge in [0, 0.05) is 6.54 Å². The van der Waals surface area contributed by atoms with Crippen molar-refractivity contribution in [2.45, 2.75) is 44.7 Å². The fraction of sp³-hybridized carbons (Fsp3) is 0.632. The summed E-state index contributed by atoms with van der Waals surface area (Å²) in [6.45, 7) is 4.55. The first-order chi connectivity index (χ1) is 11.4. The number of rotatable bonds is 8. The van der Waals surface area contributed by atoms with Crippen molar-refractivity contribution in [3.63, 3.8) is 0 Å². The average molecular weight is 333 g/mol. The third-order valence-electron chi connectivity index (χ3n) is 5.06. The summed E-state index contributed by atoms with van der Waals surface area (Å²) >= 11 is 0. The molecule has 5 nitrogen and oxygen atoms in total. The summed E-state index contributed by atoms with van der Waals surface area (Å²) in [4.78, 5) is 14.4. The molecule has 134 valence electrons. The summed E-state index contributed by atoms with van der Waals surface area (Å²) in [7, 11) is 4.03. The molecule has 0 saturated heterocycles. The molecule has 0 radical (unpaired) electrons. The summed E-state index contributed by atoms with van der Waals surface area (Å²) in [6.07, 6.45) is 3.16. The number of aliphatic hydroxyl groups excluding tert-OH is 1. The second kappa shape index (κ2) is 7.99. The van der Waals surface area contributed by atoms with E-state index in [0.717, 1.165) is 19.3 Å². The largest absolute Gasteiger partial charge is 0.394 e. The van der Waals surface area contributed by atoms with Crippen molar-refractivity contribution in [2.24, 2.45) is 5.92 Å². The van der Waals surface area contributed by atoms with Gasteiger partial charge < -0.3 is 20.6 Å². The van der Waals surface area contributed by atoms with E-state index >= 15 is 0 Å². The number of nitrogens with zero attached hydrogens (tertiary/aromatic N) is 1. The number of carbonyl (C=O) groups is 1. The van der Waals surface area contributed by atoms with Crippen molar-refractivity contribution in [3.8, 4) is 0 Å². The minimum absolute atomic E-state index is 0.0271. The second-order valence-electron chi connectivity index (χ2n) is 7.26. The van der Waals surface area contributed by atoms with Crippen LogP contribution in [0.15, 0.2) is 24.3 Å². The molecule has 0 aliphatic heterocycles. The lowest BCUT2D eigenvalue weighted by atomic mass is 9.97. The topological polar surface area (TPSA) is 64.6 Å². The summed E-state index contributed by atoms with van der Waals surface area (Å²) in [5, 5.41) is 15.5. The predicted molar refractivity (Wildman–Crippen MR) is 97.0 cm³/mol. The highest BCUT2D eigenvalue weighted by molar-refractivity contribution is 5.75. The van der Waals surface area contributed by atoms with E-state index in [-0.39, 0.29) is 18.7 Å². The number of hydrogen-bond acceptors (Lipinski definition) is 3. The van der Waals surface area contributed by atoms with Crippen molar-refractivity contribution >= 4 is 6.03 Å². The Bertz CT molecular complexity index is 540. The molecule has 1 aliphatic rings. The number of amides is 2. The number of hydrogen-bond donors (Lipinski definition) is 3. The Morgan fingerprint density at radius 1 is 1.33 bits per heavy atom. The number of aliphatic hydroxyl groups is 1. The zero-order chi connectivity index (χ0) is 17.7. The molecule has 0 aromatic heterocycles. The quantitative estimate of drug-likeness (QED) is 0.684. The Kier molecular flexibility index (Phi) is 6.24. The molecule has 5 heteroatoms. The van der Waals surface area contributed by atoms with E-state index in [1.807, 2.05) is 21.0 Å². The lowest BCUT2D eigenvalue weighted by molar-refractivity contribution is 0.154. The van der Waals surface area contributed by atoms with E-state index in [4.69, 9.17) is 0 Å². The van der Waals surface area contributed by atoms with Crippen molar-refractivity contribution in [3.05, 3.63) is 35.4 Å². The number of carbonyl (C=O) groups excluding carboxylic acids is 1. The molecule has 2 atom stereocenters. The Morgan fingerprint density at radius 2 is 1.96 bits per heavy atom. The molecular formula is C19H31N3O2. The van der Waals surface area contributed by atoms with Crippen LogP contribution in [0.1, 0.15) is 43.9 Å². The molecule has 24 heavy (non-hydrogen) atoms. The van der Waals surface area contributed by atoms with Crippen LogP contribution in [0.2, 0.25) is 0 Å². The van der Waals surface area contributed by atoms with E-state index in [1.165, 1.54) is 11.1 Å². The highest BCUT2D eigenvalue weighted by Gasteiger charge is 2.42. The van der Waals surface area contributed by atoms with Gasteiger partial charge in [-0.05, 0) is 57.3 Å². The molecule has 2 unspecified atom stereocenters. The highest BCUT2D eigenvalue weighted by atomic mass is 16.3. The normalized spacial score (nSPS) is 18.1. The van der Waals surface area contributed by atoms with Crippen LogP contribution in [0.4, 0.5) is 4.79 Å². The van der Waals surface area contributed by atoms with Crippen LogP contribution in [0, 0.1) is 5.92 Å². The second-order valence-corrected chi connectivity index (χ2v) is 7.26. The number of benzene rings is 1. The first-order valence-corrected chi connectivity index (χ1v) is 8.81. The number of nitrogens with one attached hydrogen (secondary N) is 2. The number of aryl methyl sites for hydroxylation is 1. The first-order valence-electron chi connectivity index (χ1n) is 8.81. The SMILES string of the molecule is CCc1ccc(C(CNC(=O)NC(C)(CO)C2CC2)N(C)C)cc1. The van der Waals surface area contributed by atoms with E-state index in [9.17, 15) is 9.90 Å². The fourth-order valence-electron chi connectivity index (χ4n) is 3.06. The molecule has 2 rings (SSSR count). The molecule has 3 N–H and O–H groups in total. The van der Waals surface area contributed by atoms with Crippen LogP contribution < -0.4 is 10.6 Å². The number of likely N-dealkylation sites (N-methyl/N-ethyl adjacent to an activating group) is 1. The smallest absolute Gasteiger partial charge is 0.315 e. The van der Waals surface area contributed by atoms with Crippen molar-refractivity contribution < 1.29 is 9.90 Å². The van der Waals surface area contributed by atoms with Gasteiger partial charge in [-0.1, -0.05) is 31.2 Å². The molecule has 0 heterocycles. The van der Waals surface area contributed by atoms with Gasteiger partial charge in [0.25, 0.3) is 0 Å². The average Bonchev–Trinajstić information content (AvgIpc) is 3.40. The van der Waals surface area contributed by atoms with Crippen molar-refractivity contribution in [2.75, 3.05) is 27.2 Å². The van der Waals surface area contributed by atoms with E-state index in [1.54, 1.807) is 0 Å². The van der Waals surface area contributed by atoms with Gasteiger partial charge >= 0.3 is 6.03 Å². The van der Waals surface area contributed by atoms with Gasteiger partial charge in [0.2, 0.25) is 0 Å². The fourth-order valence-corrected chi connectivity index (χ4v) is 3.06. The van der Waals surface area contributed by atoms with Gasteiger partial charge in [-0.15, -0.1) is 0 Å². The van der Waals surface area contributed by atoms with Crippen molar-refractivity contribution in [1.29, 1.82) is 0 Å². The summed E-state index contributed by atoms with van der Waals surface area (Å²) in [6, 6.07) is 8.44. The van der Waals surface area contributed by atoms with E-state index < -0.39 is 5.54 Å². The van der Waals surface area contributed by atoms with Gasteiger partial charge in [0.15, 0.2) is 0 Å². The Morgan fingerprint density at radius 3 is 2.42 bits per heavy atom. The van der Waals surface area contributed by atoms with Gasteiger partial charge in [-0.25, -0.2) is 4.79 Å². The molecule has 0 bridgehead atoms. The molecule has 1 aliphatic carbocycles. The van der Waals surface area contributed by atoms with Crippen LogP contribution in [0.3, 0.4) is 0 Å². The molecule has 1 aromatic rings. The van der Waals surface area contributed by atoms with Crippen LogP contribution in [0.25, 0.3) is 0 Å². The third kappa shape index (κ3) is 4.71. The van der Waals surface area contributed by atoms with Crippen LogP contribution in [0.5, 0.6) is 0 Å². The summed E-state index contributed by atoms with van der Waals surface area (Å²) < 4.78 is 0. The van der Waals surface area contributed by atoms with E-state index in [2.05, 4.69) is 46.7 Å². The third-order valence-corrected chi connectivity index (χ3v) is 5.06. The Balaban J connectivity index is 1.94. The summed E-state index contributed by atoms with van der Waals surface area (Å²) in [5.41, 5.74) is 1.98. The van der Waals surface area contributed by atoms with Gasteiger partial charge in [0.05, 0.1) is 18.2 Å². The molecule has 1 fully saturated rings. The minimum atomic E-state index is -0.513. The molecule has 1 saturated carbocycles. The summed E-state index contributed by atoms with van der Waals surface area (Å²) in [5.74, 6) is 0.388. The van der Waals surface area contributed by atoms with Gasteiger partial charge in [0.1, 0.15) is 0 Å². The zero-order valence-electron chi connectivity index (χ0n) is 15.3. The molecular weight excluding hydrogens is 302 g/mol. The molecule has 2 amide bonds. The maximum absolute atomic E-state index is 12.3. The minimum Gasteiger partial charge on any atom is -0.394 e. The lowest BCUT2D eigenvalue weighted by Gasteiger charge is -2.30. The first kappa shape index (κ1) is 18.7. The Hall–Kier alpha value is -1.59. The maximum atomic E-state index is 12.3. The standard InChI is InChI=1S/C19H31N3O2/c1-5-14-6-8-15(9-7-14)17(22(3)4)12-20-18(24)21-19(2,13-23)16-10-11-16/h6-9,16-17,23H,5,10-13H2,1-4H3,(H2,20,21,24). The molecule has 0 spiro atoms. The van der Waals surface area contributed by atoms with Crippen LogP contribution in [-0.2, 0) is 6.42 Å². The van der Waals surface area contributed by atoms with Crippen LogP contribution in [-0.4, -0.2) is 48.8 Å². The Labute approximate surface area is 145 Å². The lowest BCUT2D eigenvalue weighted by Crippen LogP contribution is -2.54. The zero-order valence-corrected chi connectivity index (χ0v) is 15.3. The van der Waals surface area contributed by atoms with Gasteiger partial charge in [-0.2, -0.15) is 0 Å². The number of urea groups is 1. The molecule has 1 aromatic carbocycles. The predicted octanol–water partition coefficient (Wildman–Crippen LogP) is 2.31. The monoisotopic (exact) mass is 333 g/mol. The van der Waals surface area contributed by atoms with Gasteiger partial charge in [-0.3, -0.25) is 0 Å². The highest BCUT2D eigenvalue weighted by Crippen LogP contribution is 2.39.